The van der Waals surface area contributed by atoms with E-state index >= 15 is 0 Å². The van der Waals surface area contributed by atoms with Crippen molar-refractivity contribution < 1.29 is 14.3 Å². The van der Waals surface area contributed by atoms with Crippen LogP contribution in [0.1, 0.15) is 44.9 Å². The zero-order valence-electron chi connectivity index (χ0n) is 9.09. The number of fused-ring (bicyclic) bond motifs is 1. The summed E-state index contributed by atoms with van der Waals surface area (Å²) in [5, 5.41) is 0. The molecular weight excluding hydrogens is 192 g/mol. The number of Topliss-reactive ketones (excluding diaryl/α,β-unsaturated/α-hetero) is 1. The Hall–Kier alpha value is -0.410. The Balaban J connectivity index is 1.97. The van der Waals surface area contributed by atoms with E-state index in [-0.39, 0.29) is 5.41 Å². The smallest absolute Gasteiger partial charge is 0.180 e. The monoisotopic (exact) mass is 210 g/mol. The van der Waals surface area contributed by atoms with Crippen molar-refractivity contribution >= 4 is 5.78 Å². The lowest BCUT2D eigenvalue weighted by Crippen LogP contribution is -2.51. The molecule has 3 aliphatic rings. The molecule has 3 nitrogen and oxygen atoms in total. The summed E-state index contributed by atoms with van der Waals surface area (Å²) in [6.07, 6.45) is 6.88. The highest BCUT2D eigenvalue weighted by atomic mass is 16.7. The molecule has 0 aromatic heterocycles. The van der Waals surface area contributed by atoms with Crippen LogP contribution >= 0.6 is 0 Å². The lowest BCUT2D eigenvalue weighted by molar-refractivity contribution is -0.223. The third-order valence-electron chi connectivity index (χ3n) is 4.38. The summed E-state index contributed by atoms with van der Waals surface area (Å²) in [5.74, 6) is -0.127. The van der Waals surface area contributed by atoms with E-state index in [0.29, 0.717) is 19.0 Å². The summed E-state index contributed by atoms with van der Waals surface area (Å²) in [7, 11) is 0. The van der Waals surface area contributed by atoms with Crippen molar-refractivity contribution in [3.8, 4) is 0 Å². The molecule has 15 heavy (non-hydrogen) atoms. The molecule has 2 saturated carbocycles. The topological polar surface area (TPSA) is 35.5 Å². The Morgan fingerprint density at radius 1 is 0.933 bits per heavy atom. The van der Waals surface area contributed by atoms with Gasteiger partial charge in [0.2, 0.25) is 0 Å². The fraction of sp³-hybridized carbons (Fsp3) is 0.917. The summed E-state index contributed by atoms with van der Waals surface area (Å²) in [6, 6.07) is 0. The maximum absolute atomic E-state index is 12.2. The van der Waals surface area contributed by atoms with Gasteiger partial charge in [-0.15, -0.1) is 0 Å². The van der Waals surface area contributed by atoms with E-state index in [1.165, 1.54) is 0 Å². The molecule has 0 aromatic carbocycles. The van der Waals surface area contributed by atoms with E-state index in [2.05, 4.69) is 0 Å². The van der Waals surface area contributed by atoms with Crippen LogP contribution < -0.4 is 0 Å². The molecule has 0 amide bonds. The van der Waals surface area contributed by atoms with E-state index in [4.69, 9.17) is 9.47 Å². The molecule has 1 saturated heterocycles. The number of hydrogen-bond donors (Lipinski definition) is 0. The van der Waals surface area contributed by atoms with E-state index in [1.54, 1.807) is 0 Å². The normalized spacial score (nSPS) is 39.3. The summed E-state index contributed by atoms with van der Waals surface area (Å²) in [6.45, 7) is 1.32. The minimum Gasteiger partial charge on any atom is -0.346 e. The maximum atomic E-state index is 12.2. The fourth-order valence-corrected chi connectivity index (χ4v) is 3.69. The van der Waals surface area contributed by atoms with Crippen LogP contribution in [0.4, 0.5) is 0 Å². The van der Waals surface area contributed by atoms with Gasteiger partial charge in [0.25, 0.3) is 0 Å². The fourth-order valence-electron chi connectivity index (χ4n) is 3.69. The first-order valence-electron chi connectivity index (χ1n) is 6.10. The summed E-state index contributed by atoms with van der Waals surface area (Å²) in [4.78, 5) is 12.2. The number of carbonyl (C=O) groups is 1. The molecule has 3 heteroatoms. The molecule has 1 aliphatic heterocycles. The zero-order valence-corrected chi connectivity index (χ0v) is 9.09. The molecule has 3 fully saturated rings. The maximum Gasteiger partial charge on any atom is 0.180 e. The van der Waals surface area contributed by atoms with Gasteiger partial charge in [-0.25, -0.2) is 0 Å². The Kier molecular flexibility index (Phi) is 2.15. The third-order valence-corrected chi connectivity index (χ3v) is 4.38. The predicted molar refractivity (Wildman–Crippen MR) is 54.4 cm³/mol. The van der Waals surface area contributed by atoms with E-state index in [1.807, 2.05) is 0 Å². The Morgan fingerprint density at radius 3 is 2.40 bits per heavy atom. The van der Waals surface area contributed by atoms with E-state index in [0.717, 1.165) is 44.9 Å². The highest BCUT2D eigenvalue weighted by Gasteiger charge is 2.62. The standard InChI is InChI=1S/C12H18O3/c13-10-4-1-2-5-11(10)6-3-7-12(11)14-8-9-15-12/h1-9H2/t11-/m0/s1. The molecule has 3 rings (SSSR count). The third kappa shape index (κ3) is 1.16. The van der Waals surface area contributed by atoms with Crippen molar-refractivity contribution in [2.45, 2.75) is 50.7 Å². The number of ketones is 1. The quantitative estimate of drug-likeness (QED) is 0.613. The van der Waals surface area contributed by atoms with Crippen molar-refractivity contribution in [2.24, 2.45) is 5.41 Å². The number of hydrogen-bond acceptors (Lipinski definition) is 3. The molecule has 84 valence electrons. The van der Waals surface area contributed by atoms with Crippen LogP contribution in [0.5, 0.6) is 0 Å². The van der Waals surface area contributed by atoms with Gasteiger partial charge in [-0.1, -0.05) is 6.42 Å². The summed E-state index contributed by atoms with van der Waals surface area (Å²) in [5.41, 5.74) is -0.276. The minimum atomic E-state index is -0.523. The van der Waals surface area contributed by atoms with Gasteiger partial charge in [0.15, 0.2) is 5.79 Å². The largest absolute Gasteiger partial charge is 0.346 e. The van der Waals surface area contributed by atoms with Crippen molar-refractivity contribution in [1.29, 1.82) is 0 Å². The highest BCUT2D eigenvalue weighted by molar-refractivity contribution is 5.87. The number of ether oxygens (including phenoxy) is 2. The molecule has 0 aromatic rings. The van der Waals surface area contributed by atoms with Crippen molar-refractivity contribution in [3.05, 3.63) is 0 Å². The lowest BCUT2D eigenvalue weighted by Gasteiger charge is -2.42. The van der Waals surface area contributed by atoms with Gasteiger partial charge in [-0.3, -0.25) is 4.79 Å². The van der Waals surface area contributed by atoms with Crippen LogP contribution in [0, 0.1) is 5.41 Å². The SMILES string of the molecule is O=C1CCCC[C@]12CCCC21OCCO1. The second-order valence-electron chi connectivity index (χ2n) is 5.02. The van der Waals surface area contributed by atoms with E-state index < -0.39 is 5.79 Å². The van der Waals surface area contributed by atoms with Crippen LogP contribution in [0.3, 0.4) is 0 Å². The van der Waals surface area contributed by atoms with Gasteiger partial charge in [-0.05, 0) is 25.7 Å². The molecule has 0 unspecified atom stereocenters. The molecule has 1 atom stereocenters. The van der Waals surface area contributed by atoms with Gasteiger partial charge in [-0.2, -0.15) is 0 Å². The highest BCUT2D eigenvalue weighted by Crippen LogP contribution is 2.56. The van der Waals surface area contributed by atoms with E-state index in [9.17, 15) is 4.79 Å². The first-order valence-corrected chi connectivity index (χ1v) is 6.10. The second kappa shape index (κ2) is 3.29. The summed E-state index contributed by atoms with van der Waals surface area (Å²) < 4.78 is 11.6. The number of rotatable bonds is 0. The van der Waals surface area contributed by atoms with Crippen LogP contribution in [-0.4, -0.2) is 24.8 Å². The molecule has 0 radical (unpaired) electrons. The van der Waals surface area contributed by atoms with Gasteiger partial charge in [0.1, 0.15) is 5.78 Å². The van der Waals surface area contributed by atoms with Crippen molar-refractivity contribution in [3.63, 3.8) is 0 Å². The molecule has 0 N–H and O–H groups in total. The Morgan fingerprint density at radius 2 is 1.67 bits per heavy atom. The number of carbonyl (C=O) groups excluding carboxylic acids is 1. The van der Waals surface area contributed by atoms with Crippen LogP contribution in [-0.2, 0) is 14.3 Å². The van der Waals surface area contributed by atoms with Crippen LogP contribution in [0.2, 0.25) is 0 Å². The van der Waals surface area contributed by atoms with Gasteiger partial charge < -0.3 is 9.47 Å². The van der Waals surface area contributed by atoms with Gasteiger partial charge in [0.05, 0.1) is 18.6 Å². The van der Waals surface area contributed by atoms with Crippen LogP contribution in [0.25, 0.3) is 0 Å². The van der Waals surface area contributed by atoms with Crippen molar-refractivity contribution in [2.75, 3.05) is 13.2 Å². The second-order valence-corrected chi connectivity index (χ2v) is 5.02. The lowest BCUT2D eigenvalue weighted by atomic mass is 9.68. The summed E-state index contributed by atoms with van der Waals surface area (Å²) >= 11 is 0. The molecule has 2 aliphatic carbocycles. The molecular formula is C12H18O3. The van der Waals surface area contributed by atoms with Gasteiger partial charge in [0, 0.05) is 12.8 Å². The molecule has 1 heterocycles. The average Bonchev–Trinajstić information content (AvgIpc) is 2.83. The predicted octanol–water partition coefficient (Wildman–Crippen LogP) is 2.04. The average molecular weight is 210 g/mol. The Bertz CT molecular complexity index is 275. The van der Waals surface area contributed by atoms with Crippen LogP contribution in [0.15, 0.2) is 0 Å². The zero-order chi connectivity index (χ0) is 10.4. The molecule has 2 spiro atoms. The van der Waals surface area contributed by atoms with Crippen molar-refractivity contribution in [1.82, 2.24) is 0 Å². The minimum absolute atomic E-state index is 0.276. The first kappa shape index (κ1) is 9.79. The Labute approximate surface area is 90.1 Å². The first-order chi connectivity index (χ1) is 7.29. The van der Waals surface area contributed by atoms with Gasteiger partial charge >= 0.3 is 0 Å². The molecule has 0 bridgehead atoms.